The molecule has 1 aliphatic heterocycles. The number of esters is 1. The Morgan fingerprint density at radius 2 is 2.18 bits per heavy atom. The molecule has 0 unspecified atom stereocenters. The highest BCUT2D eigenvalue weighted by Gasteiger charge is 2.23. The van der Waals surface area contributed by atoms with Crippen LogP contribution in [0, 0.1) is 0 Å². The zero-order valence-corrected chi connectivity index (χ0v) is 12.1. The van der Waals surface area contributed by atoms with Crippen LogP contribution in [0.4, 0.5) is 0 Å². The molecule has 0 saturated carbocycles. The SMILES string of the molecule is COC(=O)C(C)=CCN1CCSC(C)(C)CC1. The Labute approximate surface area is 109 Å². The summed E-state index contributed by atoms with van der Waals surface area (Å²) in [6, 6.07) is 0. The zero-order valence-electron chi connectivity index (χ0n) is 11.3. The van der Waals surface area contributed by atoms with E-state index in [0.717, 1.165) is 25.4 Å². The van der Waals surface area contributed by atoms with Gasteiger partial charge < -0.3 is 4.74 Å². The van der Waals surface area contributed by atoms with Gasteiger partial charge >= 0.3 is 5.97 Å². The van der Waals surface area contributed by atoms with E-state index in [1.54, 1.807) is 0 Å². The van der Waals surface area contributed by atoms with Gasteiger partial charge in [0.25, 0.3) is 0 Å². The second-order valence-corrected chi connectivity index (χ2v) is 6.84. The lowest BCUT2D eigenvalue weighted by atomic mass is 10.1. The predicted octanol–water partition coefficient (Wildman–Crippen LogP) is 2.32. The highest BCUT2D eigenvalue weighted by atomic mass is 32.2. The Bertz CT molecular complexity index is 300. The van der Waals surface area contributed by atoms with Crippen molar-refractivity contribution in [3.63, 3.8) is 0 Å². The van der Waals surface area contributed by atoms with Crippen LogP contribution < -0.4 is 0 Å². The number of methoxy groups -OCH3 is 1. The highest BCUT2D eigenvalue weighted by molar-refractivity contribution is 8.00. The molecular weight excluding hydrogens is 234 g/mol. The summed E-state index contributed by atoms with van der Waals surface area (Å²) >= 11 is 2.04. The zero-order chi connectivity index (χ0) is 12.9. The summed E-state index contributed by atoms with van der Waals surface area (Å²) in [5, 5.41) is 0. The van der Waals surface area contributed by atoms with Crippen molar-refractivity contribution in [1.82, 2.24) is 4.90 Å². The minimum absolute atomic E-state index is 0.227. The first kappa shape index (κ1) is 14.6. The quantitative estimate of drug-likeness (QED) is 0.573. The van der Waals surface area contributed by atoms with E-state index in [1.807, 2.05) is 24.8 Å². The normalized spacial score (nSPS) is 22.0. The van der Waals surface area contributed by atoms with Gasteiger partial charge in [-0.25, -0.2) is 4.79 Å². The molecule has 1 fully saturated rings. The van der Waals surface area contributed by atoms with Crippen molar-refractivity contribution in [2.45, 2.75) is 31.9 Å². The topological polar surface area (TPSA) is 29.5 Å². The van der Waals surface area contributed by atoms with Crippen molar-refractivity contribution < 1.29 is 9.53 Å². The summed E-state index contributed by atoms with van der Waals surface area (Å²) in [6.07, 6.45) is 3.16. The van der Waals surface area contributed by atoms with Gasteiger partial charge in [-0.3, -0.25) is 4.90 Å². The van der Waals surface area contributed by atoms with Crippen LogP contribution in [-0.2, 0) is 9.53 Å². The molecule has 3 nitrogen and oxygen atoms in total. The number of rotatable bonds is 3. The molecule has 98 valence electrons. The highest BCUT2D eigenvalue weighted by Crippen LogP contribution is 2.30. The molecule has 1 heterocycles. The second-order valence-electron chi connectivity index (χ2n) is 5.04. The Hall–Kier alpha value is -0.480. The molecule has 0 amide bonds. The fourth-order valence-electron chi connectivity index (χ4n) is 1.76. The third-order valence-corrected chi connectivity index (χ3v) is 4.47. The van der Waals surface area contributed by atoms with Crippen molar-refractivity contribution >= 4 is 17.7 Å². The van der Waals surface area contributed by atoms with Crippen molar-refractivity contribution in [3.05, 3.63) is 11.6 Å². The fraction of sp³-hybridized carbons (Fsp3) is 0.769. The first-order chi connectivity index (χ1) is 7.94. The third-order valence-electron chi connectivity index (χ3n) is 3.09. The standard InChI is InChI=1S/C13H23NO2S/c1-11(12(15)16-4)5-7-14-8-6-13(2,3)17-10-9-14/h5H,6-10H2,1-4H3. The lowest BCUT2D eigenvalue weighted by molar-refractivity contribution is -0.136. The number of carbonyl (C=O) groups excluding carboxylic acids is 1. The molecule has 4 heteroatoms. The van der Waals surface area contributed by atoms with Crippen molar-refractivity contribution in [3.8, 4) is 0 Å². The summed E-state index contributed by atoms with van der Waals surface area (Å²) in [5.74, 6) is 0.938. The molecule has 0 aromatic heterocycles. The van der Waals surface area contributed by atoms with Gasteiger partial charge in [0, 0.05) is 29.2 Å². The summed E-state index contributed by atoms with van der Waals surface area (Å²) < 4.78 is 5.06. The number of thioether (sulfide) groups is 1. The maximum atomic E-state index is 11.2. The van der Waals surface area contributed by atoms with E-state index in [-0.39, 0.29) is 5.97 Å². The molecule has 0 aliphatic carbocycles. The van der Waals surface area contributed by atoms with Gasteiger partial charge in [0.15, 0.2) is 0 Å². The van der Waals surface area contributed by atoms with Crippen LogP contribution in [-0.4, -0.2) is 48.1 Å². The van der Waals surface area contributed by atoms with Gasteiger partial charge in [0.1, 0.15) is 0 Å². The minimum atomic E-state index is -0.227. The molecule has 0 spiro atoms. The van der Waals surface area contributed by atoms with E-state index >= 15 is 0 Å². The summed E-state index contributed by atoms with van der Waals surface area (Å²) in [5.41, 5.74) is 0.698. The van der Waals surface area contributed by atoms with Crippen molar-refractivity contribution in [1.29, 1.82) is 0 Å². The molecule has 0 N–H and O–H groups in total. The Balaban J connectivity index is 2.45. The lowest BCUT2D eigenvalue weighted by Crippen LogP contribution is -2.27. The van der Waals surface area contributed by atoms with Gasteiger partial charge in [-0.1, -0.05) is 19.9 Å². The Kier molecular flexibility index (Phi) is 5.53. The first-order valence-corrected chi connectivity index (χ1v) is 7.04. The van der Waals surface area contributed by atoms with E-state index in [9.17, 15) is 4.79 Å². The molecule has 1 rings (SSSR count). The molecule has 0 atom stereocenters. The fourth-order valence-corrected chi connectivity index (χ4v) is 2.89. The van der Waals surface area contributed by atoms with Crippen LogP contribution in [0.2, 0.25) is 0 Å². The van der Waals surface area contributed by atoms with Gasteiger partial charge in [-0.15, -0.1) is 0 Å². The number of carbonyl (C=O) groups is 1. The molecule has 0 bridgehead atoms. The Morgan fingerprint density at radius 3 is 2.82 bits per heavy atom. The van der Waals surface area contributed by atoms with Crippen LogP contribution in [0.25, 0.3) is 0 Å². The molecule has 0 aromatic carbocycles. The number of ether oxygens (including phenoxy) is 1. The van der Waals surface area contributed by atoms with Crippen LogP contribution in [0.15, 0.2) is 11.6 Å². The third kappa shape index (κ3) is 5.13. The van der Waals surface area contributed by atoms with Crippen LogP contribution >= 0.6 is 11.8 Å². The van der Waals surface area contributed by atoms with Crippen molar-refractivity contribution in [2.75, 3.05) is 32.5 Å². The van der Waals surface area contributed by atoms with E-state index in [1.165, 1.54) is 13.5 Å². The van der Waals surface area contributed by atoms with Gasteiger partial charge in [0.2, 0.25) is 0 Å². The molecule has 0 aromatic rings. The Morgan fingerprint density at radius 1 is 1.47 bits per heavy atom. The second kappa shape index (κ2) is 6.45. The molecule has 1 saturated heterocycles. The summed E-state index contributed by atoms with van der Waals surface area (Å²) in [4.78, 5) is 13.6. The van der Waals surface area contributed by atoms with Crippen LogP contribution in [0.3, 0.4) is 0 Å². The van der Waals surface area contributed by atoms with Gasteiger partial charge in [0.05, 0.1) is 7.11 Å². The smallest absolute Gasteiger partial charge is 0.333 e. The minimum Gasteiger partial charge on any atom is -0.466 e. The van der Waals surface area contributed by atoms with E-state index in [2.05, 4.69) is 23.5 Å². The summed E-state index contributed by atoms with van der Waals surface area (Å²) in [6.45, 7) is 9.46. The average molecular weight is 257 g/mol. The summed E-state index contributed by atoms with van der Waals surface area (Å²) in [7, 11) is 1.42. The first-order valence-electron chi connectivity index (χ1n) is 6.06. The molecular formula is C13H23NO2S. The van der Waals surface area contributed by atoms with Crippen LogP contribution in [0.5, 0.6) is 0 Å². The monoisotopic (exact) mass is 257 g/mol. The van der Waals surface area contributed by atoms with E-state index < -0.39 is 0 Å². The maximum Gasteiger partial charge on any atom is 0.333 e. The van der Waals surface area contributed by atoms with Gasteiger partial charge in [-0.05, 0) is 19.9 Å². The lowest BCUT2D eigenvalue weighted by Gasteiger charge is -2.21. The van der Waals surface area contributed by atoms with E-state index in [0.29, 0.717) is 10.3 Å². The molecule has 17 heavy (non-hydrogen) atoms. The van der Waals surface area contributed by atoms with Crippen molar-refractivity contribution in [2.24, 2.45) is 0 Å². The molecule has 0 radical (unpaired) electrons. The van der Waals surface area contributed by atoms with Gasteiger partial charge in [-0.2, -0.15) is 11.8 Å². The number of hydrogen-bond acceptors (Lipinski definition) is 4. The number of hydrogen-bond donors (Lipinski definition) is 0. The largest absolute Gasteiger partial charge is 0.466 e. The van der Waals surface area contributed by atoms with E-state index in [4.69, 9.17) is 0 Å². The predicted molar refractivity (Wildman–Crippen MR) is 73.4 cm³/mol. The average Bonchev–Trinajstić information content (AvgIpc) is 2.46. The maximum absolute atomic E-state index is 11.2. The van der Waals surface area contributed by atoms with Crippen LogP contribution in [0.1, 0.15) is 27.2 Å². The number of nitrogens with zero attached hydrogens (tertiary/aromatic N) is 1. The molecule has 1 aliphatic rings.